The normalized spacial score (nSPS) is 11.0. The predicted octanol–water partition coefficient (Wildman–Crippen LogP) is 2.81. The summed E-state index contributed by atoms with van der Waals surface area (Å²) in [5.74, 6) is 0.830. The highest BCUT2D eigenvalue weighted by Gasteiger charge is 2.06. The minimum Gasteiger partial charge on any atom is -0.338 e. The third-order valence-corrected chi connectivity index (χ3v) is 3.20. The van der Waals surface area contributed by atoms with Crippen molar-refractivity contribution in [2.45, 2.75) is 0 Å². The Bertz CT molecular complexity index is 847. The molecule has 4 rings (SSSR count). The summed E-state index contributed by atoms with van der Waals surface area (Å²) in [5.41, 5.74) is 3.96. The van der Waals surface area contributed by atoms with E-state index >= 15 is 0 Å². The van der Waals surface area contributed by atoms with Crippen LogP contribution in [0.4, 0.5) is 0 Å². The molecule has 0 aliphatic heterocycles. The molecule has 3 aromatic heterocycles. The fraction of sp³-hybridized carbons (Fsp3) is 0. The largest absolute Gasteiger partial charge is 0.338 e. The molecule has 0 spiro atoms. The third-order valence-electron chi connectivity index (χ3n) is 3.20. The van der Waals surface area contributed by atoms with Gasteiger partial charge in [-0.3, -0.25) is 4.98 Å². The van der Waals surface area contributed by atoms with E-state index in [0.29, 0.717) is 0 Å². The summed E-state index contributed by atoms with van der Waals surface area (Å²) in [5, 5.41) is 0. The number of benzene rings is 1. The Morgan fingerprint density at radius 1 is 1.05 bits per heavy atom. The van der Waals surface area contributed by atoms with Gasteiger partial charge in [-0.2, -0.15) is 0 Å². The number of rotatable bonds is 2. The number of aromatic amines is 1. The van der Waals surface area contributed by atoms with Gasteiger partial charge in [0.2, 0.25) is 0 Å². The topological polar surface area (TPSA) is 59.4 Å². The molecule has 0 bridgehead atoms. The minimum absolute atomic E-state index is 0.830. The second kappa shape index (κ2) is 4.31. The average molecular weight is 261 g/mol. The minimum atomic E-state index is 0.830. The van der Waals surface area contributed by atoms with Gasteiger partial charge in [0.1, 0.15) is 5.82 Å². The van der Waals surface area contributed by atoms with E-state index in [-0.39, 0.29) is 0 Å². The molecule has 0 radical (unpaired) electrons. The second-order valence-electron chi connectivity index (χ2n) is 4.50. The summed E-state index contributed by atoms with van der Waals surface area (Å²) in [4.78, 5) is 16.1. The second-order valence-corrected chi connectivity index (χ2v) is 4.50. The molecule has 0 atom stereocenters. The fourth-order valence-electron chi connectivity index (χ4n) is 2.21. The first kappa shape index (κ1) is 10.9. The molecule has 96 valence electrons. The number of aromatic nitrogens is 5. The Morgan fingerprint density at radius 3 is 2.85 bits per heavy atom. The van der Waals surface area contributed by atoms with Gasteiger partial charge in [-0.1, -0.05) is 0 Å². The Labute approximate surface area is 115 Å². The van der Waals surface area contributed by atoms with E-state index in [4.69, 9.17) is 0 Å². The maximum atomic E-state index is 4.58. The van der Waals surface area contributed by atoms with Gasteiger partial charge in [0.25, 0.3) is 0 Å². The van der Waals surface area contributed by atoms with E-state index in [2.05, 4.69) is 26.0 Å². The molecule has 20 heavy (non-hydrogen) atoms. The number of hydrogen-bond acceptors (Lipinski definition) is 3. The molecule has 0 saturated carbocycles. The van der Waals surface area contributed by atoms with E-state index in [0.717, 1.165) is 28.1 Å². The molecule has 5 nitrogen and oxygen atoms in total. The zero-order valence-corrected chi connectivity index (χ0v) is 10.6. The Hall–Kier alpha value is -2.95. The summed E-state index contributed by atoms with van der Waals surface area (Å²) in [6.45, 7) is 0. The van der Waals surface area contributed by atoms with Crippen LogP contribution in [-0.4, -0.2) is 24.5 Å². The standard InChI is InChI=1S/C15H11N5/c1-2-11(9-16-5-1)15-18-13-4-3-12(8-14(13)19-15)20-7-6-17-10-20/h1-10H,(H,18,19). The van der Waals surface area contributed by atoms with Crippen molar-refractivity contribution in [3.63, 3.8) is 0 Å². The highest BCUT2D eigenvalue weighted by atomic mass is 15.0. The van der Waals surface area contributed by atoms with Crippen LogP contribution in [0.25, 0.3) is 28.1 Å². The van der Waals surface area contributed by atoms with Crippen LogP contribution in [0.2, 0.25) is 0 Å². The molecule has 1 aromatic carbocycles. The summed E-state index contributed by atoms with van der Waals surface area (Å²) in [6, 6.07) is 9.98. The van der Waals surface area contributed by atoms with Gasteiger partial charge in [0, 0.05) is 36.0 Å². The van der Waals surface area contributed by atoms with Gasteiger partial charge in [-0.05, 0) is 30.3 Å². The number of nitrogens with zero attached hydrogens (tertiary/aromatic N) is 4. The van der Waals surface area contributed by atoms with E-state index in [1.165, 1.54) is 0 Å². The first-order valence-corrected chi connectivity index (χ1v) is 6.29. The van der Waals surface area contributed by atoms with Crippen molar-refractivity contribution < 1.29 is 0 Å². The first-order chi connectivity index (χ1) is 9.90. The molecule has 0 fully saturated rings. The Morgan fingerprint density at radius 2 is 2.05 bits per heavy atom. The molecule has 0 unspecified atom stereocenters. The van der Waals surface area contributed by atoms with Crippen molar-refractivity contribution in [1.82, 2.24) is 24.5 Å². The molecule has 4 aromatic rings. The monoisotopic (exact) mass is 261 g/mol. The Kier molecular flexibility index (Phi) is 2.35. The smallest absolute Gasteiger partial charge is 0.140 e. The van der Waals surface area contributed by atoms with Crippen molar-refractivity contribution in [3.05, 3.63) is 61.4 Å². The van der Waals surface area contributed by atoms with Crippen molar-refractivity contribution in [2.24, 2.45) is 0 Å². The zero-order valence-electron chi connectivity index (χ0n) is 10.6. The van der Waals surface area contributed by atoms with Crippen molar-refractivity contribution in [2.75, 3.05) is 0 Å². The summed E-state index contributed by atoms with van der Waals surface area (Å²) in [7, 11) is 0. The number of nitrogens with one attached hydrogen (secondary N) is 1. The van der Waals surface area contributed by atoms with Crippen LogP contribution in [0.5, 0.6) is 0 Å². The van der Waals surface area contributed by atoms with Crippen LogP contribution in [0.3, 0.4) is 0 Å². The van der Waals surface area contributed by atoms with Gasteiger partial charge < -0.3 is 9.55 Å². The van der Waals surface area contributed by atoms with E-state index in [9.17, 15) is 0 Å². The lowest BCUT2D eigenvalue weighted by Crippen LogP contribution is -1.88. The van der Waals surface area contributed by atoms with Crippen molar-refractivity contribution in [3.8, 4) is 17.1 Å². The van der Waals surface area contributed by atoms with E-state index in [1.807, 2.05) is 35.0 Å². The van der Waals surface area contributed by atoms with E-state index < -0.39 is 0 Å². The Balaban J connectivity index is 1.84. The molecule has 3 heterocycles. The van der Waals surface area contributed by atoms with Gasteiger partial charge in [0.15, 0.2) is 0 Å². The summed E-state index contributed by atoms with van der Waals surface area (Å²) >= 11 is 0. The quantitative estimate of drug-likeness (QED) is 0.603. The van der Waals surface area contributed by atoms with Crippen LogP contribution < -0.4 is 0 Å². The number of H-pyrrole nitrogens is 1. The van der Waals surface area contributed by atoms with Crippen molar-refractivity contribution >= 4 is 11.0 Å². The number of imidazole rings is 2. The van der Waals surface area contributed by atoms with Crippen LogP contribution >= 0.6 is 0 Å². The maximum absolute atomic E-state index is 4.58. The number of hydrogen-bond donors (Lipinski definition) is 1. The summed E-state index contributed by atoms with van der Waals surface area (Å²) < 4.78 is 1.96. The lowest BCUT2D eigenvalue weighted by molar-refractivity contribution is 1.06. The number of fused-ring (bicyclic) bond motifs is 1. The fourth-order valence-corrected chi connectivity index (χ4v) is 2.21. The molecule has 0 amide bonds. The van der Waals surface area contributed by atoms with Crippen LogP contribution in [-0.2, 0) is 0 Å². The average Bonchev–Trinajstić information content (AvgIpc) is 3.16. The van der Waals surface area contributed by atoms with Crippen molar-refractivity contribution in [1.29, 1.82) is 0 Å². The lowest BCUT2D eigenvalue weighted by Gasteiger charge is -2.00. The van der Waals surface area contributed by atoms with Crippen LogP contribution in [0.1, 0.15) is 0 Å². The molecule has 1 N–H and O–H groups in total. The molecular weight excluding hydrogens is 250 g/mol. The highest BCUT2D eigenvalue weighted by molar-refractivity contribution is 5.81. The van der Waals surface area contributed by atoms with Crippen LogP contribution in [0.15, 0.2) is 61.4 Å². The third kappa shape index (κ3) is 1.76. The van der Waals surface area contributed by atoms with E-state index in [1.54, 1.807) is 24.9 Å². The lowest BCUT2D eigenvalue weighted by atomic mass is 10.3. The van der Waals surface area contributed by atoms with Gasteiger partial charge >= 0.3 is 0 Å². The van der Waals surface area contributed by atoms with Crippen LogP contribution in [0, 0.1) is 0 Å². The zero-order chi connectivity index (χ0) is 13.4. The molecule has 0 aliphatic rings. The first-order valence-electron chi connectivity index (χ1n) is 6.29. The van der Waals surface area contributed by atoms with Gasteiger partial charge in [-0.25, -0.2) is 9.97 Å². The highest BCUT2D eigenvalue weighted by Crippen LogP contribution is 2.21. The maximum Gasteiger partial charge on any atom is 0.140 e. The van der Waals surface area contributed by atoms with Gasteiger partial charge in [-0.15, -0.1) is 0 Å². The predicted molar refractivity (Wildman–Crippen MR) is 76.4 cm³/mol. The molecule has 0 aliphatic carbocycles. The van der Waals surface area contributed by atoms with Gasteiger partial charge in [0.05, 0.1) is 17.4 Å². The number of pyridine rings is 1. The molecule has 5 heteroatoms. The molecular formula is C15H11N5. The SMILES string of the molecule is c1cncc(-c2nc3ccc(-n4ccnc4)cc3[nH]2)c1. The molecule has 0 saturated heterocycles. The summed E-state index contributed by atoms with van der Waals surface area (Å²) in [6.07, 6.45) is 9.01.